The molecule has 0 aliphatic rings. The van der Waals surface area contributed by atoms with Gasteiger partial charge in [0.05, 0.1) is 12.3 Å². The SMILES string of the molecule is CCC(CC)N(CCOC)c1ccc(C(=N)N)cc1F. The van der Waals surface area contributed by atoms with Crippen LogP contribution in [0.5, 0.6) is 0 Å². The van der Waals surface area contributed by atoms with Gasteiger partial charge in [0.15, 0.2) is 0 Å². The molecular weight excluding hydrogens is 257 g/mol. The lowest BCUT2D eigenvalue weighted by molar-refractivity contribution is 0.202. The first-order valence-corrected chi connectivity index (χ1v) is 6.94. The Morgan fingerprint density at radius 2 is 2.05 bits per heavy atom. The fraction of sp³-hybridized carbons (Fsp3) is 0.533. The highest BCUT2D eigenvalue weighted by Gasteiger charge is 2.19. The van der Waals surface area contributed by atoms with Crippen molar-refractivity contribution >= 4 is 11.5 Å². The summed E-state index contributed by atoms with van der Waals surface area (Å²) in [5.41, 5.74) is 6.33. The van der Waals surface area contributed by atoms with E-state index in [9.17, 15) is 4.39 Å². The second-order valence-corrected chi connectivity index (χ2v) is 4.74. The van der Waals surface area contributed by atoms with Gasteiger partial charge in [-0.1, -0.05) is 13.8 Å². The van der Waals surface area contributed by atoms with Gasteiger partial charge in [0.1, 0.15) is 11.7 Å². The number of nitrogens with one attached hydrogen (secondary N) is 1. The zero-order valence-corrected chi connectivity index (χ0v) is 12.4. The molecular formula is C15H24FN3O. The topological polar surface area (TPSA) is 62.3 Å². The van der Waals surface area contributed by atoms with Crippen molar-refractivity contribution in [3.8, 4) is 0 Å². The summed E-state index contributed by atoms with van der Waals surface area (Å²) < 4.78 is 19.4. The average Bonchev–Trinajstić information content (AvgIpc) is 2.43. The van der Waals surface area contributed by atoms with Crippen molar-refractivity contribution in [2.24, 2.45) is 5.73 Å². The van der Waals surface area contributed by atoms with Gasteiger partial charge in [0, 0.05) is 25.3 Å². The second kappa shape index (κ2) is 7.85. The van der Waals surface area contributed by atoms with Crippen LogP contribution in [-0.4, -0.2) is 32.1 Å². The summed E-state index contributed by atoms with van der Waals surface area (Å²) in [5, 5.41) is 7.36. The molecule has 0 fully saturated rings. The summed E-state index contributed by atoms with van der Waals surface area (Å²) in [5.74, 6) is -0.470. The van der Waals surface area contributed by atoms with Gasteiger partial charge < -0.3 is 15.4 Å². The molecule has 0 atom stereocenters. The number of nitrogens with two attached hydrogens (primary N) is 1. The molecule has 0 radical (unpaired) electrons. The van der Waals surface area contributed by atoms with Crippen LogP contribution in [0.1, 0.15) is 32.3 Å². The van der Waals surface area contributed by atoms with Crippen LogP contribution < -0.4 is 10.6 Å². The molecule has 20 heavy (non-hydrogen) atoms. The minimum atomic E-state index is -0.347. The van der Waals surface area contributed by atoms with Crippen LogP contribution in [-0.2, 0) is 4.74 Å². The minimum absolute atomic E-state index is 0.124. The third-order valence-corrected chi connectivity index (χ3v) is 3.49. The number of benzene rings is 1. The number of hydrogen-bond acceptors (Lipinski definition) is 3. The lowest BCUT2D eigenvalue weighted by Gasteiger charge is -2.33. The molecule has 3 N–H and O–H groups in total. The number of nitrogen functional groups attached to an aromatic ring is 1. The largest absolute Gasteiger partial charge is 0.384 e. The molecule has 0 saturated carbocycles. The van der Waals surface area contributed by atoms with Crippen molar-refractivity contribution in [1.29, 1.82) is 5.41 Å². The van der Waals surface area contributed by atoms with E-state index in [1.54, 1.807) is 19.2 Å². The summed E-state index contributed by atoms with van der Waals surface area (Å²) in [6.07, 6.45) is 1.88. The first kappa shape index (κ1) is 16.4. The zero-order valence-electron chi connectivity index (χ0n) is 12.4. The lowest BCUT2D eigenvalue weighted by Crippen LogP contribution is -2.37. The maximum absolute atomic E-state index is 14.3. The molecule has 0 spiro atoms. The highest BCUT2D eigenvalue weighted by atomic mass is 19.1. The van der Waals surface area contributed by atoms with E-state index in [1.165, 1.54) is 6.07 Å². The van der Waals surface area contributed by atoms with Gasteiger partial charge in [-0.15, -0.1) is 0 Å². The molecule has 0 amide bonds. The van der Waals surface area contributed by atoms with Gasteiger partial charge in [-0.05, 0) is 31.0 Å². The third-order valence-electron chi connectivity index (χ3n) is 3.49. The van der Waals surface area contributed by atoms with E-state index in [4.69, 9.17) is 15.9 Å². The number of ether oxygens (including phenoxy) is 1. The van der Waals surface area contributed by atoms with E-state index in [-0.39, 0.29) is 17.7 Å². The Balaban J connectivity index is 3.09. The number of methoxy groups -OCH3 is 1. The van der Waals surface area contributed by atoms with Gasteiger partial charge in [-0.2, -0.15) is 0 Å². The summed E-state index contributed by atoms with van der Waals surface area (Å²) >= 11 is 0. The van der Waals surface area contributed by atoms with Crippen LogP contribution in [0.4, 0.5) is 10.1 Å². The third kappa shape index (κ3) is 3.93. The predicted octanol–water partition coefficient (Wildman–Crippen LogP) is 2.75. The first-order valence-electron chi connectivity index (χ1n) is 6.94. The predicted molar refractivity (Wildman–Crippen MR) is 81.0 cm³/mol. The molecule has 0 saturated heterocycles. The number of rotatable bonds is 8. The normalized spacial score (nSPS) is 10.8. The molecule has 0 aromatic heterocycles. The fourth-order valence-electron chi connectivity index (χ4n) is 2.33. The van der Waals surface area contributed by atoms with Crippen molar-refractivity contribution in [2.75, 3.05) is 25.2 Å². The number of anilines is 1. The standard InChI is InChI=1S/C15H24FN3O/c1-4-12(5-2)19(8-9-20-3)14-7-6-11(15(17)18)10-13(14)16/h6-7,10,12H,4-5,8-9H2,1-3H3,(H3,17,18). The number of halogens is 1. The Morgan fingerprint density at radius 1 is 1.40 bits per heavy atom. The van der Waals surface area contributed by atoms with Gasteiger partial charge in [0.25, 0.3) is 0 Å². The Morgan fingerprint density at radius 3 is 2.50 bits per heavy atom. The smallest absolute Gasteiger partial charge is 0.147 e. The van der Waals surface area contributed by atoms with Crippen LogP contribution in [0.3, 0.4) is 0 Å². The zero-order chi connectivity index (χ0) is 15.1. The quantitative estimate of drug-likeness (QED) is 0.569. The average molecular weight is 281 g/mol. The monoisotopic (exact) mass is 281 g/mol. The van der Waals surface area contributed by atoms with Crippen LogP contribution >= 0.6 is 0 Å². The van der Waals surface area contributed by atoms with Crippen LogP contribution in [0.15, 0.2) is 18.2 Å². The maximum Gasteiger partial charge on any atom is 0.147 e. The molecule has 1 aromatic rings. The van der Waals surface area contributed by atoms with Gasteiger partial charge in [0.2, 0.25) is 0 Å². The number of nitrogens with zero attached hydrogens (tertiary/aromatic N) is 1. The van der Waals surface area contributed by atoms with E-state index in [0.717, 1.165) is 12.8 Å². The van der Waals surface area contributed by atoms with Gasteiger partial charge >= 0.3 is 0 Å². The molecule has 0 aliphatic carbocycles. The number of amidine groups is 1. The molecule has 1 aromatic carbocycles. The van der Waals surface area contributed by atoms with E-state index < -0.39 is 0 Å². The van der Waals surface area contributed by atoms with Gasteiger partial charge in [-0.3, -0.25) is 5.41 Å². The number of hydrogen-bond donors (Lipinski definition) is 2. The fourth-order valence-corrected chi connectivity index (χ4v) is 2.33. The summed E-state index contributed by atoms with van der Waals surface area (Å²) in [4.78, 5) is 2.03. The van der Waals surface area contributed by atoms with Crippen molar-refractivity contribution in [3.63, 3.8) is 0 Å². The molecule has 0 bridgehead atoms. The Hall–Kier alpha value is -1.62. The lowest BCUT2D eigenvalue weighted by atomic mass is 10.1. The second-order valence-electron chi connectivity index (χ2n) is 4.74. The minimum Gasteiger partial charge on any atom is -0.384 e. The summed E-state index contributed by atoms with van der Waals surface area (Å²) in [6.45, 7) is 5.37. The van der Waals surface area contributed by atoms with E-state index in [2.05, 4.69) is 13.8 Å². The maximum atomic E-state index is 14.3. The molecule has 1 rings (SSSR count). The Kier molecular flexibility index (Phi) is 6.45. The Bertz CT molecular complexity index is 447. The van der Waals surface area contributed by atoms with Crippen LogP contribution in [0.25, 0.3) is 0 Å². The summed E-state index contributed by atoms with van der Waals surface area (Å²) in [7, 11) is 1.64. The van der Waals surface area contributed by atoms with E-state index in [0.29, 0.717) is 24.4 Å². The molecule has 0 heterocycles. The van der Waals surface area contributed by atoms with Crippen molar-refractivity contribution in [3.05, 3.63) is 29.6 Å². The van der Waals surface area contributed by atoms with Crippen LogP contribution in [0, 0.1) is 11.2 Å². The first-order chi connectivity index (χ1) is 9.54. The molecule has 5 heteroatoms. The molecule has 0 unspecified atom stereocenters. The van der Waals surface area contributed by atoms with Gasteiger partial charge in [-0.25, -0.2) is 4.39 Å². The summed E-state index contributed by atoms with van der Waals surface area (Å²) in [6, 6.07) is 4.96. The Labute approximate surface area is 120 Å². The highest BCUT2D eigenvalue weighted by molar-refractivity contribution is 5.95. The molecule has 0 aliphatic heterocycles. The van der Waals surface area contributed by atoms with Crippen molar-refractivity contribution in [2.45, 2.75) is 32.7 Å². The van der Waals surface area contributed by atoms with Crippen molar-refractivity contribution in [1.82, 2.24) is 0 Å². The van der Waals surface area contributed by atoms with Crippen molar-refractivity contribution < 1.29 is 9.13 Å². The highest BCUT2D eigenvalue weighted by Crippen LogP contribution is 2.24. The van der Waals surface area contributed by atoms with E-state index in [1.807, 2.05) is 4.90 Å². The molecule has 4 nitrogen and oxygen atoms in total. The molecule has 112 valence electrons. The van der Waals surface area contributed by atoms with Crippen LogP contribution in [0.2, 0.25) is 0 Å². The van der Waals surface area contributed by atoms with E-state index >= 15 is 0 Å².